The molecule has 3 rings (SSSR count). The summed E-state index contributed by atoms with van der Waals surface area (Å²) in [4.78, 5) is 16.5. The molecule has 0 fully saturated rings. The van der Waals surface area contributed by atoms with Crippen molar-refractivity contribution in [1.82, 2.24) is 9.55 Å². The van der Waals surface area contributed by atoms with Crippen LogP contribution in [0.4, 0.5) is 0 Å². The van der Waals surface area contributed by atoms with Crippen molar-refractivity contribution in [3.8, 4) is 0 Å². The fourth-order valence-electron chi connectivity index (χ4n) is 2.32. The van der Waals surface area contributed by atoms with E-state index in [0.29, 0.717) is 24.0 Å². The largest absolute Gasteiger partial charge is 0.383 e. The van der Waals surface area contributed by atoms with Gasteiger partial charge in [0.1, 0.15) is 10.8 Å². The number of methoxy groups -OCH3 is 1. The van der Waals surface area contributed by atoms with Crippen molar-refractivity contribution >= 4 is 50.0 Å². The van der Waals surface area contributed by atoms with Crippen molar-refractivity contribution in [1.29, 1.82) is 0 Å². The van der Waals surface area contributed by atoms with E-state index in [2.05, 4.69) is 39.6 Å². The Balaban J connectivity index is 2.14. The maximum absolute atomic E-state index is 12.4. The number of nitrogens with one attached hydrogen (secondary N) is 1. The van der Waals surface area contributed by atoms with E-state index in [1.807, 2.05) is 18.2 Å². The van der Waals surface area contributed by atoms with E-state index < -0.39 is 0 Å². The summed E-state index contributed by atoms with van der Waals surface area (Å²) in [5.74, 6) is 0. The predicted molar refractivity (Wildman–Crippen MR) is 94.8 cm³/mol. The molecule has 0 saturated carbocycles. The van der Waals surface area contributed by atoms with Gasteiger partial charge in [-0.15, -0.1) is 11.3 Å². The number of aromatic nitrogens is 2. The van der Waals surface area contributed by atoms with Crippen molar-refractivity contribution < 1.29 is 4.74 Å². The van der Waals surface area contributed by atoms with E-state index in [1.165, 1.54) is 4.70 Å². The summed E-state index contributed by atoms with van der Waals surface area (Å²) >= 11 is 5.27. The number of hydrogen-bond acceptors (Lipinski definition) is 3. The molecule has 0 unspecified atom stereocenters. The standard InChI is InChI=1S/C16H15BrN2O2S/c1-10-18-12(16(20)19(10)7-8-21-2)9-14-15(17)11-5-3-4-6-13(11)22-14/h3-6,9,18H,1,7-8H2,2H3/b12-9-. The first-order chi connectivity index (χ1) is 10.6. The van der Waals surface area contributed by atoms with Crippen LogP contribution in [-0.2, 0) is 11.3 Å². The van der Waals surface area contributed by atoms with Gasteiger partial charge in [-0.3, -0.25) is 9.36 Å². The van der Waals surface area contributed by atoms with Gasteiger partial charge >= 0.3 is 0 Å². The molecule has 0 saturated heterocycles. The van der Waals surface area contributed by atoms with E-state index in [1.54, 1.807) is 23.0 Å². The van der Waals surface area contributed by atoms with Crippen molar-refractivity contribution in [2.45, 2.75) is 6.54 Å². The summed E-state index contributed by atoms with van der Waals surface area (Å²) in [6.45, 7) is 4.86. The van der Waals surface area contributed by atoms with Gasteiger partial charge in [0.2, 0.25) is 0 Å². The quantitative estimate of drug-likeness (QED) is 0.754. The van der Waals surface area contributed by atoms with Crippen LogP contribution in [0.5, 0.6) is 0 Å². The van der Waals surface area contributed by atoms with Crippen LogP contribution in [0.2, 0.25) is 0 Å². The minimum absolute atomic E-state index is 0.0774. The lowest BCUT2D eigenvalue weighted by Crippen LogP contribution is -2.32. The van der Waals surface area contributed by atoms with Gasteiger partial charge in [0.15, 0.2) is 0 Å². The number of fused-ring (bicyclic) bond motifs is 1. The molecule has 1 N–H and O–H groups in total. The number of H-pyrrole nitrogens is 1. The van der Waals surface area contributed by atoms with Crippen LogP contribution in [0, 0.1) is 0 Å². The topological polar surface area (TPSA) is 47.0 Å². The second-order valence-corrected chi connectivity index (χ2v) is 6.73. The Morgan fingerprint density at radius 3 is 2.95 bits per heavy atom. The molecule has 0 aliphatic heterocycles. The highest BCUT2D eigenvalue weighted by Crippen LogP contribution is 2.35. The Labute approximate surface area is 139 Å². The SMILES string of the molecule is C=c1[nH]/c(=C\c2sc3ccccc3c2Br)c(=O)n1CCOC. The molecule has 114 valence electrons. The summed E-state index contributed by atoms with van der Waals surface area (Å²) in [6, 6.07) is 8.14. The Kier molecular flexibility index (Phi) is 4.33. The number of benzene rings is 1. The highest BCUT2D eigenvalue weighted by molar-refractivity contribution is 9.10. The second-order valence-electron chi connectivity index (χ2n) is 4.86. The van der Waals surface area contributed by atoms with E-state index in [9.17, 15) is 4.79 Å². The first-order valence-electron chi connectivity index (χ1n) is 6.77. The van der Waals surface area contributed by atoms with Crippen LogP contribution < -0.4 is 16.4 Å². The average Bonchev–Trinajstić information content (AvgIpc) is 2.96. The van der Waals surface area contributed by atoms with Crippen LogP contribution in [0.25, 0.3) is 22.7 Å². The molecule has 0 aliphatic rings. The van der Waals surface area contributed by atoms with E-state index in [4.69, 9.17) is 4.74 Å². The van der Waals surface area contributed by atoms with Gasteiger partial charge in [-0.25, -0.2) is 0 Å². The fourth-order valence-corrected chi connectivity index (χ4v) is 4.19. The van der Waals surface area contributed by atoms with E-state index in [-0.39, 0.29) is 5.56 Å². The first kappa shape index (κ1) is 15.3. The number of halogens is 1. The van der Waals surface area contributed by atoms with E-state index in [0.717, 1.165) is 14.7 Å². The minimum atomic E-state index is -0.0774. The Morgan fingerprint density at radius 1 is 1.45 bits per heavy atom. The van der Waals surface area contributed by atoms with Crippen LogP contribution in [0.1, 0.15) is 4.88 Å². The maximum Gasteiger partial charge on any atom is 0.275 e. The molecule has 2 aromatic heterocycles. The molecule has 0 atom stereocenters. The van der Waals surface area contributed by atoms with Gasteiger partial charge in [-0.05, 0) is 28.1 Å². The third-order valence-electron chi connectivity index (χ3n) is 3.43. The third kappa shape index (κ3) is 2.69. The summed E-state index contributed by atoms with van der Waals surface area (Å²) in [5.41, 5.74) is 0.511. The monoisotopic (exact) mass is 378 g/mol. The summed E-state index contributed by atoms with van der Waals surface area (Å²) in [7, 11) is 1.61. The lowest BCUT2D eigenvalue weighted by Gasteiger charge is -1.98. The lowest BCUT2D eigenvalue weighted by molar-refractivity contribution is 0.185. The molecule has 2 heterocycles. The molecule has 0 aliphatic carbocycles. The number of thiophene rings is 1. The van der Waals surface area contributed by atoms with Gasteiger partial charge in [0.25, 0.3) is 5.56 Å². The summed E-state index contributed by atoms with van der Waals surface area (Å²) in [6.07, 6.45) is 1.87. The molecule has 0 bridgehead atoms. The molecule has 0 radical (unpaired) electrons. The molecule has 3 aromatic rings. The normalized spacial score (nSPS) is 12.4. The molecule has 22 heavy (non-hydrogen) atoms. The minimum Gasteiger partial charge on any atom is -0.383 e. The molecular formula is C16H15BrN2O2S. The van der Waals surface area contributed by atoms with Crippen molar-refractivity contribution in [2.75, 3.05) is 13.7 Å². The Hall–Kier alpha value is -1.63. The first-order valence-corrected chi connectivity index (χ1v) is 8.38. The molecule has 6 heteroatoms. The molecule has 1 aromatic carbocycles. The number of rotatable bonds is 4. The Bertz CT molecular complexity index is 984. The highest BCUT2D eigenvalue weighted by Gasteiger charge is 2.08. The molecular weight excluding hydrogens is 364 g/mol. The number of nitrogens with zero attached hydrogens (tertiary/aromatic N) is 1. The molecule has 0 spiro atoms. The van der Waals surface area contributed by atoms with Crippen LogP contribution in [0.3, 0.4) is 0 Å². The highest BCUT2D eigenvalue weighted by atomic mass is 79.9. The number of imidazole rings is 1. The number of ether oxygens (including phenoxy) is 1. The number of aromatic amines is 1. The van der Waals surface area contributed by atoms with Gasteiger partial charge in [0, 0.05) is 26.5 Å². The zero-order valence-electron chi connectivity index (χ0n) is 12.1. The smallest absolute Gasteiger partial charge is 0.275 e. The molecule has 4 nitrogen and oxygen atoms in total. The third-order valence-corrected chi connectivity index (χ3v) is 5.67. The number of hydrogen-bond donors (Lipinski definition) is 1. The van der Waals surface area contributed by atoms with Crippen LogP contribution >= 0.6 is 27.3 Å². The lowest BCUT2D eigenvalue weighted by atomic mass is 10.2. The van der Waals surface area contributed by atoms with E-state index >= 15 is 0 Å². The van der Waals surface area contributed by atoms with Gasteiger partial charge in [-0.2, -0.15) is 0 Å². The van der Waals surface area contributed by atoms with Crippen molar-refractivity contribution in [3.63, 3.8) is 0 Å². The predicted octanol–water partition coefficient (Wildman–Crippen LogP) is 2.04. The average molecular weight is 379 g/mol. The van der Waals surface area contributed by atoms with Gasteiger partial charge < -0.3 is 9.72 Å². The van der Waals surface area contributed by atoms with Crippen molar-refractivity contribution in [2.24, 2.45) is 0 Å². The van der Waals surface area contributed by atoms with Gasteiger partial charge in [0.05, 0.1) is 13.2 Å². The fraction of sp³-hybridized carbons (Fsp3) is 0.188. The van der Waals surface area contributed by atoms with Crippen molar-refractivity contribution in [3.05, 3.63) is 54.8 Å². The van der Waals surface area contributed by atoms with Crippen LogP contribution in [0.15, 0.2) is 33.5 Å². The second kappa shape index (κ2) is 6.24. The van der Waals surface area contributed by atoms with Gasteiger partial charge in [-0.1, -0.05) is 24.8 Å². The zero-order chi connectivity index (χ0) is 15.7. The van der Waals surface area contributed by atoms with Crippen LogP contribution in [-0.4, -0.2) is 23.3 Å². The molecule has 0 amide bonds. The zero-order valence-corrected chi connectivity index (χ0v) is 14.5. The Morgan fingerprint density at radius 2 is 2.23 bits per heavy atom. The summed E-state index contributed by atoms with van der Waals surface area (Å²) in [5, 5.41) is 1.69. The summed E-state index contributed by atoms with van der Waals surface area (Å²) < 4.78 is 8.81. The maximum atomic E-state index is 12.4.